The molecule has 3 heterocycles. The first-order valence-electron chi connectivity index (χ1n) is 11.0. The molecule has 0 spiro atoms. The van der Waals surface area contributed by atoms with Crippen molar-refractivity contribution in [3.8, 4) is 0 Å². The van der Waals surface area contributed by atoms with Gasteiger partial charge in [0, 0.05) is 13.1 Å². The third-order valence-corrected chi connectivity index (χ3v) is 7.11. The maximum Gasteiger partial charge on any atom is 0.342 e. The monoisotopic (exact) mass is 439 g/mol. The van der Waals surface area contributed by atoms with Crippen LogP contribution in [0.15, 0.2) is 11.6 Å². The fourth-order valence-corrected chi connectivity index (χ4v) is 4.58. The molecule has 0 saturated carbocycles. The SMILES string of the molecule is CCC(C)[C@@]1(O)CC(=O)O[C@H](C)[C@@](O)(CC)C(=O)OCC2=CCN3CC[C@@H](OC1=O)[C@@H]23. The molecule has 9 heteroatoms. The first-order valence-corrected chi connectivity index (χ1v) is 11.0. The number of carbonyl (C=O) groups excluding carboxylic acids is 3. The van der Waals surface area contributed by atoms with Gasteiger partial charge in [-0.1, -0.05) is 33.3 Å². The summed E-state index contributed by atoms with van der Waals surface area (Å²) in [4.78, 5) is 40.5. The molecule has 0 aliphatic carbocycles. The van der Waals surface area contributed by atoms with E-state index in [4.69, 9.17) is 14.2 Å². The molecule has 3 aliphatic heterocycles. The lowest BCUT2D eigenvalue weighted by atomic mass is 9.83. The van der Waals surface area contributed by atoms with Crippen LogP contribution in [0.25, 0.3) is 0 Å². The van der Waals surface area contributed by atoms with E-state index in [2.05, 4.69) is 4.90 Å². The van der Waals surface area contributed by atoms with E-state index in [0.717, 1.165) is 5.57 Å². The fraction of sp³-hybridized carbons (Fsp3) is 0.773. The van der Waals surface area contributed by atoms with Crippen LogP contribution in [0.1, 0.15) is 53.4 Å². The van der Waals surface area contributed by atoms with Gasteiger partial charge in [0.05, 0.1) is 12.5 Å². The molecule has 2 N–H and O–H groups in total. The number of esters is 3. The van der Waals surface area contributed by atoms with Crippen molar-refractivity contribution in [3.05, 3.63) is 11.6 Å². The smallest absolute Gasteiger partial charge is 0.342 e. The lowest BCUT2D eigenvalue weighted by Gasteiger charge is -2.35. The number of hydrogen-bond donors (Lipinski definition) is 2. The minimum Gasteiger partial charge on any atom is -0.459 e. The first kappa shape index (κ1) is 23.7. The molecule has 0 bridgehead atoms. The number of ether oxygens (including phenoxy) is 3. The maximum absolute atomic E-state index is 13.1. The molecule has 0 aromatic rings. The van der Waals surface area contributed by atoms with E-state index in [9.17, 15) is 24.6 Å². The molecule has 3 rings (SSSR count). The summed E-state index contributed by atoms with van der Waals surface area (Å²) in [5, 5.41) is 22.1. The van der Waals surface area contributed by atoms with Crippen LogP contribution in [-0.2, 0) is 28.6 Å². The van der Waals surface area contributed by atoms with Gasteiger partial charge >= 0.3 is 17.9 Å². The summed E-state index contributed by atoms with van der Waals surface area (Å²) in [6.45, 7) is 7.71. The Morgan fingerprint density at radius 2 is 1.90 bits per heavy atom. The largest absolute Gasteiger partial charge is 0.459 e. The highest BCUT2D eigenvalue weighted by molar-refractivity contribution is 5.87. The second-order valence-electron chi connectivity index (χ2n) is 8.85. The Morgan fingerprint density at radius 1 is 1.19 bits per heavy atom. The molecule has 6 atom stereocenters. The van der Waals surface area contributed by atoms with Crippen molar-refractivity contribution in [3.63, 3.8) is 0 Å². The Kier molecular flexibility index (Phi) is 6.78. The molecule has 9 nitrogen and oxygen atoms in total. The summed E-state index contributed by atoms with van der Waals surface area (Å²) < 4.78 is 16.4. The van der Waals surface area contributed by atoms with Gasteiger partial charge in [0.25, 0.3) is 0 Å². The predicted molar refractivity (Wildman–Crippen MR) is 109 cm³/mol. The molecule has 3 aliphatic rings. The number of cyclic esters (lactones) is 2. The Labute approximate surface area is 182 Å². The molecule has 0 radical (unpaired) electrons. The number of carbonyl (C=O) groups is 3. The van der Waals surface area contributed by atoms with E-state index in [1.165, 1.54) is 6.92 Å². The molecule has 2 fully saturated rings. The molecule has 174 valence electrons. The highest BCUT2D eigenvalue weighted by Crippen LogP contribution is 2.35. The van der Waals surface area contributed by atoms with E-state index < -0.39 is 53.7 Å². The lowest BCUT2D eigenvalue weighted by molar-refractivity contribution is -0.195. The molecule has 0 amide bonds. The van der Waals surface area contributed by atoms with Crippen LogP contribution in [0.4, 0.5) is 0 Å². The zero-order valence-electron chi connectivity index (χ0n) is 18.6. The van der Waals surface area contributed by atoms with Gasteiger partial charge in [0.2, 0.25) is 0 Å². The van der Waals surface area contributed by atoms with E-state index >= 15 is 0 Å². The van der Waals surface area contributed by atoms with Crippen LogP contribution in [-0.4, -0.2) is 82.2 Å². The average Bonchev–Trinajstić information content (AvgIpc) is 3.32. The minimum atomic E-state index is -2.07. The number of hydrogen-bond acceptors (Lipinski definition) is 9. The van der Waals surface area contributed by atoms with E-state index in [0.29, 0.717) is 25.9 Å². The topological polar surface area (TPSA) is 123 Å². The second-order valence-corrected chi connectivity index (χ2v) is 8.85. The van der Waals surface area contributed by atoms with Crippen molar-refractivity contribution in [2.75, 3.05) is 19.7 Å². The van der Waals surface area contributed by atoms with Gasteiger partial charge in [-0.25, -0.2) is 9.59 Å². The zero-order chi connectivity index (χ0) is 23.0. The molecule has 0 aromatic heterocycles. The Hall–Kier alpha value is -1.97. The highest BCUT2D eigenvalue weighted by atomic mass is 16.6. The fourth-order valence-electron chi connectivity index (χ4n) is 4.58. The third kappa shape index (κ3) is 4.23. The van der Waals surface area contributed by atoms with Crippen LogP contribution >= 0.6 is 0 Å². The minimum absolute atomic E-state index is 0.0326. The van der Waals surface area contributed by atoms with Crippen LogP contribution in [0.5, 0.6) is 0 Å². The lowest BCUT2D eigenvalue weighted by Crippen LogP contribution is -2.53. The Balaban J connectivity index is 1.97. The summed E-state index contributed by atoms with van der Waals surface area (Å²) in [5.74, 6) is -3.21. The van der Waals surface area contributed by atoms with Crippen LogP contribution < -0.4 is 0 Å². The highest BCUT2D eigenvalue weighted by Gasteiger charge is 2.51. The van der Waals surface area contributed by atoms with Crippen LogP contribution in [0, 0.1) is 5.92 Å². The van der Waals surface area contributed by atoms with E-state index in [-0.39, 0.29) is 19.1 Å². The quantitative estimate of drug-likeness (QED) is 0.372. The zero-order valence-corrected chi connectivity index (χ0v) is 18.6. The van der Waals surface area contributed by atoms with Gasteiger partial charge in [-0.2, -0.15) is 0 Å². The maximum atomic E-state index is 13.1. The van der Waals surface area contributed by atoms with E-state index in [1.54, 1.807) is 20.8 Å². The van der Waals surface area contributed by atoms with Gasteiger partial charge in [-0.05, 0) is 31.3 Å². The predicted octanol–water partition coefficient (Wildman–Crippen LogP) is 0.709. The van der Waals surface area contributed by atoms with Crippen molar-refractivity contribution in [1.29, 1.82) is 0 Å². The van der Waals surface area contributed by atoms with Crippen LogP contribution in [0.2, 0.25) is 0 Å². The number of rotatable bonds is 3. The molecule has 1 unspecified atom stereocenters. The summed E-state index contributed by atoms with van der Waals surface area (Å²) in [6.07, 6.45) is 0.506. The molecule has 31 heavy (non-hydrogen) atoms. The van der Waals surface area contributed by atoms with E-state index in [1.807, 2.05) is 6.08 Å². The van der Waals surface area contributed by atoms with Crippen LogP contribution in [0.3, 0.4) is 0 Å². The summed E-state index contributed by atoms with van der Waals surface area (Å²) >= 11 is 0. The molecule has 2 saturated heterocycles. The Bertz CT molecular complexity index is 767. The van der Waals surface area contributed by atoms with Crippen molar-refractivity contribution in [1.82, 2.24) is 4.90 Å². The van der Waals surface area contributed by atoms with Crippen molar-refractivity contribution >= 4 is 17.9 Å². The molecular weight excluding hydrogens is 406 g/mol. The number of nitrogens with zero attached hydrogens (tertiary/aromatic N) is 1. The van der Waals surface area contributed by atoms with Gasteiger partial charge in [-0.15, -0.1) is 0 Å². The van der Waals surface area contributed by atoms with Gasteiger partial charge in [0.15, 0.2) is 11.2 Å². The summed E-state index contributed by atoms with van der Waals surface area (Å²) in [6, 6.07) is -0.264. The Morgan fingerprint density at radius 3 is 2.55 bits per heavy atom. The van der Waals surface area contributed by atoms with Gasteiger partial charge in [-0.3, -0.25) is 9.69 Å². The van der Waals surface area contributed by atoms with Crippen molar-refractivity contribution < 1.29 is 38.8 Å². The molecule has 0 aromatic carbocycles. The average molecular weight is 440 g/mol. The van der Waals surface area contributed by atoms with Gasteiger partial charge in [0.1, 0.15) is 18.8 Å². The normalized spacial score (nSPS) is 38.5. The number of aliphatic hydroxyl groups is 2. The second kappa shape index (κ2) is 8.88. The molecular formula is C22H33NO8. The van der Waals surface area contributed by atoms with Gasteiger partial charge < -0.3 is 24.4 Å². The van der Waals surface area contributed by atoms with Crippen molar-refractivity contribution in [2.45, 2.75) is 82.8 Å². The first-order chi connectivity index (χ1) is 14.6. The van der Waals surface area contributed by atoms with Crippen molar-refractivity contribution in [2.24, 2.45) is 5.92 Å². The summed E-state index contributed by atoms with van der Waals surface area (Å²) in [7, 11) is 0. The summed E-state index contributed by atoms with van der Waals surface area (Å²) in [5.41, 5.74) is -3.32. The third-order valence-electron chi connectivity index (χ3n) is 7.11. The standard InChI is InChI=1S/C22H33NO8/c1-5-13(3)22(28)11-17(24)30-14(4)21(27,6-2)19(25)29-12-15-7-9-23-10-8-16(18(15)23)31-20(22)26/h7,13-14,16,18,27-28H,5-6,8-12H2,1-4H3/t13?,14-,16-,18-,21+,22+/m1/s1.